The largest absolute Gasteiger partial charge is 0.330 e. The average molecular weight is 590 g/mol. The summed E-state index contributed by atoms with van der Waals surface area (Å²) < 4.78 is 28.3. The van der Waals surface area contributed by atoms with Crippen molar-refractivity contribution in [3.8, 4) is 0 Å². The highest BCUT2D eigenvalue weighted by atomic mass is 35.5. The van der Waals surface area contributed by atoms with Crippen LogP contribution in [0.5, 0.6) is 0 Å². The number of nitro benzene ring substituents is 1. The molecule has 0 aliphatic carbocycles. The van der Waals surface area contributed by atoms with Gasteiger partial charge in [0.1, 0.15) is 5.02 Å². The van der Waals surface area contributed by atoms with E-state index < -0.39 is 33.2 Å². The van der Waals surface area contributed by atoms with E-state index in [1.807, 2.05) is 23.6 Å². The molecule has 1 unspecified atom stereocenters. The second-order valence-electron chi connectivity index (χ2n) is 10.9. The average Bonchev–Trinajstić information content (AvgIpc) is 3.34. The molecule has 1 amide bonds. The molecule has 2 aromatic carbocycles. The minimum Gasteiger partial charge on any atom is -0.330 e. The van der Waals surface area contributed by atoms with Crippen molar-refractivity contribution in [3.63, 3.8) is 0 Å². The zero-order chi connectivity index (χ0) is 28.7. The van der Waals surface area contributed by atoms with Crippen LogP contribution >= 0.6 is 22.9 Å². The Balaban J connectivity index is 1.68. The summed E-state index contributed by atoms with van der Waals surface area (Å²) in [6.45, 7) is 9.84. The quantitative estimate of drug-likeness (QED) is 0.242. The molecular weight excluding hydrogens is 558 g/mol. The minimum absolute atomic E-state index is 0.0169. The van der Waals surface area contributed by atoms with E-state index in [0.717, 1.165) is 21.5 Å². The molecule has 0 saturated carbocycles. The molecule has 1 aromatic heterocycles. The number of nitro groups is 1. The van der Waals surface area contributed by atoms with Crippen molar-refractivity contribution < 1.29 is 18.1 Å². The molecule has 3 aromatic rings. The third-order valence-electron chi connectivity index (χ3n) is 6.97. The maximum absolute atomic E-state index is 13.9. The van der Waals surface area contributed by atoms with E-state index in [-0.39, 0.29) is 27.3 Å². The first-order chi connectivity index (χ1) is 18.2. The van der Waals surface area contributed by atoms with Crippen LogP contribution in [0.4, 0.5) is 5.69 Å². The fraction of sp³-hybridized carbons (Fsp3) is 0.393. The number of nitrogens with zero attached hydrogens (tertiary/aromatic N) is 3. The van der Waals surface area contributed by atoms with Crippen LogP contribution in [0.25, 0.3) is 0 Å². The predicted octanol–water partition coefficient (Wildman–Crippen LogP) is 6.18. The van der Waals surface area contributed by atoms with E-state index in [1.54, 1.807) is 30.1 Å². The van der Waals surface area contributed by atoms with Crippen LogP contribution in [-0.2, 0) is 26.7 Å². The molecule has 0 spiro atoms. The summed E-state index contributed by atoms with van der Waals surface area (Å²) >= 11 is 7.56. The molecule has 0 saturated heterocycles. The van der Waals surface area contributed by atoms with Crippen molar-refractivity contribution in [2.24, 2.45) is 0 Å². The Morgan fingerprint density at radius 1 is 1.18 bits per heavy atom. The molecule has 4 rings (SSSR count). The Hall–Kier alpha value is -2.79. The zero-order valence-corrected chi connectivity index (χ0v) is 24.9. The normalized spacial score (nSPS) is 16.0. The fourth-order valence-corrected chi connectivity index (χ4v) is 7.50. The summed E-state index contributed by atoms with van der Waals surface area (Å²) in [7, 11) is -4.24. The summed E-state index contributed by atoms with van der Waals surface area (Å²) in [4.78, 5) is 27.2. The van der Waals surface area contributed by atoms with Crippen LogP contribution < -0.4 is 0 Å². The summed E-state index contributed by atoms with van der Waals surface area (Å²) in [5.41, 5.74) is 2.67. The van der Waals surface area contributed by atoms with Gasteiger partial charge in [-0.2, -0.15) is 4.31 Å². The lowest BCUT2D eigenvalue weighted by atomic mass is 9.85. The number of amides is 1. The van der Waals surface area contributed by atoms with Gasteiger partial charge in [0, 0.05) is 23.5 Å². The molecule has 0 bridgehead atoms. The number of hydrogen-bond donors (Lipinski definition) is 0. The number of carbonyl (C=O) groups excluding carboxylic acids is 1. The Labute approximate surface area is 238 Å². The van der Waals surface area contributed by atoms with E-state index in [0.29, 0.717) is 13.0 Å². The summed E-state index contributed by atoms with van der Waals surface area (Å²) in [5.74, 6) is -0.336. The number of sulfonamides is 1. The van der Waals surface area contributed by atoms with Crippen LogP contribution in [0.3, 0.4) is 0 Å². The lowest BCUT2D eigenvalue weighted by molar-refractivity contribution is -0.384. The maximum Gasteiger partial charge on any atom is 0.289 e. The Morgan fingerprint density at radius 2 is 1.85 bits per heavy atom. The molecule has 0 fully saturated rings. The van der Waals surface area contributed by atoms with Crippen LogP contribution in [0.2, 0.25) is 5.02 Å². The molecule has 39 heavy (non-hydrogen) atoms. The standard InChI is InChI=1S/C28H32ClN3O5S2/c1-18(2)31(39(36,37)21-10-11-23(29)24(16-21)32(34)35)17-26(33)30-14-12-25-22(13-15-38-25)27(30)19-6-8-20(9-7-19)28(3,4)5/h6-11,13,15-16,18,27H,12,14,17H2,1-5H3. The monoisotopic (exact) mass is 589 g/mol. The van der Waals surface area contributed by atoms with E-state index in [9.17, 15) is 23.3 Å². The van der Waals surface area contributed by atoms with Gasteiger partial charge in [0.15, 0.2) is 0 Å². The van der Waals surface area contributed by atoms with Crippen molar-refractivity contribution >= 4 is 44.6 Å². The lowest BCUT2D eigenvalue weighted by Gasteiger charge is -2.38. The highest BCUT2D eigenvalue weighted by molar-refractivity contribution is 7.89. The van der Waals surface area contributed by atoms with Gasteiger partial charge in [-0.1, -0.05) is 56.6 Å². The van der Waals surface area contributed by atoms with Gasteiger partial charge in [-0.25, -0.2) is 8.42 Å². The minimum atomic E-state index is -4.24. The molecule has 2 heterocycles. The zero-order valence-electron chi connectivity index (χ0n) is 22.5. The van der Waals surface area contributed by atoms with Crippen LogP contribution in [-0.4, -0.2) is 47.6 Å². The molecule has 208 valence electrons. The smallest absolute Gasteiger partial charge is 0.289 e. The first kappa shape index (κ1) is 29.2. The molecule has 1 atom stereocenters. The number of thiophene rings is 1. The third-order valence-corrected chi connectivity index (χ3v) is 10.3. The van der Waals surface area contributed by atoms with E-state index in [4.69, 9.17) is 11.6 Å². The first-order valence-corrected chi connectivity index (χ1v) is 15.3. The SMILES string of the molecule is CC(C)N(CC(=O)N1CCc2sccc2C1c1ccc(C(C)(C)C)cc1)S(=O)(=O)c1ccc(Cl)c([N+](=O)[O-])c1. The topological polar surface area (TPSA) is 101 Å². The van der Waals surface area contributed by atoms with Gasteiger partial charge in [-0.05, 0) is 66.0 Å². The summed E-state index contributed by atoms with van der Waals surface area (Å²) in [5, 5.41) is 13.2. The van der Waals surface area contributed by atoms with Gasteiger partial charge in [-0.3, -0.25) is 14.9 Å². The van der Waals surface area contributed by atoms with Gasteiger partial charge in [0.05, 0.1) is 22.4 Å². The van der Waals surface area contributed by atoms with Gasteiger partial charge in [-0.15, -0.1) is 11.3 Å². The van der Waals surface area contributed by atoms with Crippen molar-refractivity contribution in [1.82, 2.24) is 9.21 Å². The molecular formula is C28H32ClN3O5S2. The molecule has 0 N–H and O–H groups in total. The van der Waals surface area contributed by atoms with Crippen molar-refractivity contribution in [3.05, 3.63) is 90.6 Å². The number of halogens is 1. The second-order valence-corrected chi connectivity index (χ2v) is 14.2. The van der Waals surface area contributed by atoms with Gasteiger partial charge < -0.3 is 4.90 Å². The number of benzene rings is 2. The van der Waals surface area contributed by atoms with Gasteiger partial charge >= 0.3 is 0 Å². The fourth-order valence-electron chi connectivity index (χ4n) is 4.81. The molecule has 1 aliphatic rings. The molecule has 1 aliphatic heterocycles. The number of hydrogen-bond acceptors (Lipinski definition) is 6. The molecule has 0 radical (unpaired) electrons. The lowest BCUT2D eigenvalue weighted by Crippen LogP contribution is -2.48. The Bertz CT molecular complexity index is 1490. The van der Waals surface area contributed by atoms with Gasteiger partial charge in [0.2, 0.25) is 15.9 Å². The summed E-state index contributed by atoms with van der Waals surface area (Å²) in [6.07, 6.45) is 0.688. The molecule has 8 nitrogen and oxygen atoms in total. The van der Waals surface area contributed by atoms with Crippen LogP contribution in [0, 0.1) is 10.1 Å². The Morgan fingerprint density at radius 3 is 2.44 bits per heavy atom. The van der Waals surface area contributed by atoms with Crippen molar-refractivity contribution in [1.29, 1.82) is 0 Å². The van der Waals surface area contributed by atoms with Crippen molar-refractivity contribution in [2.45, 2.75) is 63.4 Å². The molecule has 11 heteroatoms. The predicted molar refractivity (Wildman–Crippen MR) is 154 cm³/mol. The second kappa shape index (κ2) is 11.0. The Kier molecular flexibility index (Phi) is 8.23. The van der Waals surface area contributed by atoms with E-state index in [2.05, 4.69) is 32.9 Å². The van der Waals surface area contributed by atoms with Crippen LogP contribution in [0.15, 0.2) is 58.8 Å². The van der Waals surface area contributed by atoms with E-state index >= 15 is 0 Å². The number of rotatable bonds is 7. The highest BCUT2D eigenvalue weighted by Gasteiger charge is 2.37. The highest BCUT2D eigenvalue weighted by Crippen LogP contribution is 2.39. The van der Waals surface area contributed by atoms with Gasteiger partial charge in [0.25, 0.3) is 5.69 Å². The third kappa shape index (κ3) is 5.89. The maximum atomic E-state index is 13.9. The first-order valence-electron chi connectivity index (χ1n) is 12.6. The van der Waals surface area contributed by atoms with Crippen molar-refractivity contribution in [2.75, 3.05) is 13.1 Å². The number of fused-ring (bicyclic) bond motifs is 1. The van der Waals surface area contributed by atoms with Crippen LogP contribution in [0.1, 0.15) is 62.2 Å². The summed E-state index contributed by atoms with van der Waals surface area (Å²) in [6, 6.07) is 12.7. The van der Waals surface area contributed by atoms with E-state index in [1.165, 1.54) is 22.6 Å². The number of carbonyl (C=O) groups is 1.